The SMILES string of the molecule is C=CCCS(=O)c1cc(Oc2ccc(C(F)(F)F)cc2Cl)ccc1[N+](=O)[O-]. The normalized spacial score (nSPS) is 12.4. The van der Waals surface area contributed by atoms with E-state index in [0.29, 0.717) is 12.5 Å². The van der Waals surface area contributed by atoms with Crippen molar-refractivity contribution in [3.63, 3.8) is 0 Å². The molecule has 0 radical (unpaired) electrons. The fraction of sp³-hybridized carbons (Fsp3) is 0.176. The minimum atomic E-state index is -4.55. The quantitative estimate of drug-likeness (QED) is 0.326. The molecule has 0 N–H and O–H groups in total. The lowest BCUT2D eigenvalue weighted by Gasteiger charge is -2.12. The molecule has 5 nitrogen and oxygen atoms in total. The van der Waals surface area contributed by atoms with Gasteiger partial charge in [-0.25, -0.2) is 0 Å². The molecule has 27 heavy (non-hydrogen) atoms. The van der Waals surface area contributed by atoms with Crippen LogP contribution in [0.2, 0.25) is 5.02 Å². The van der Waals surface area contributed by atoms with Gasteiger partial charge in [-0.1, -0.05) is 17.7 Å². The monoisotopic (exact) mass is 419 g/mol. The van der Waals surface area contributed by atoms with Gasteiger partial charge in [-0.2, -0.15) is 13.2 Å². The second-order valence-electron chi connectivity index (χ2n) is 5.26. The van der Waals surface area contributed by atoms with E-state index in [4.69, 9.17) is 16.3 Å². The van der Waals surface area contributed by atoms with Crippen molar-refractivity contribution >= 4 is 28.1 Å². The standard InChI is InChI=1S/C17H13ClF3NO4S/c1-2-3-8-27(25)16-10-12(5-6-14(16)22(23)24)26-15-7-4-11(9-13(15)18)17(19,20)21/h2,4-7,9-10H,1,3,8H2. The number of ether oxygens (including phenoxy) is 1. The Labute approximate surface area is 160 Å². The largest absolute Gasteiger partial charge is 0.456 e. The first-order chi connectivity index (χ1) is 12.6. The molecule has 10 heteroatoms. The third-order valence-electron chi connectivity index (χ3n) is 3.37. The van der Waals surface area contributed by atoms with E-state index in [-0.39, 0.29) is 32.9 Å². The Morgan fingerprint density at radius 1 is 1.26 bits per heavy atom. The van der Waals surface area contributed by atoms with Crippen molar-refractivity contribution in [1.29, 1.82) is 0 Å². The molecule has 0 aromatic heterocycles. The van der Waals surface area contributed by atoms with Crippen LogP contribution in [0, 0.1) is 10.1 Å². The number of halogens is 4. The summed E-state index contributed by atoms with van der Waals surface area (Å²) in [6.45, 7) is 3.50. The molecule has 0 amide bonds. The molecule has 0 aliphatic heterocycles. The molecule has 0 aliphatic carbocycles. The van der Waals surface area contributed by atoms with E-state index < -0.39 is 27.5 Å². The van der Waals surface area contributed by atoms with Gasteiger partial charge in [0.15, 0.2) is 0 Å². The summed E-state index contributed by atoms with van der Waals surface area (Å²) in [4.78, 5) is 10.4. The Kier molecular flexibility index (Phi) is 6.61. The number of nitrogens with zero attached hydrogens (tertiary/aromatic N) is 1. The minimum Gasteiger partial charge on any atom is -0.456 e. The molecule has 1 unspecified atom stereocenters. The van der Waals surface area contributed by atoms with Gasteiger partial charge in [0.2, 0.25) is 0 Å². The van der Waals surface area contributed by atoms with Gasteiger partial charge in [0.05, 0.1) is 26.3 Å². The number of alkyl halides is 3. The van der Waals surface area contributed by atoms with E-state index in [1.807, 2.05) is 0 Å². The van der Waals surface area contributed by atoms with Crippen molar-refractivity contribution in [3.8, 4) is 11.5 Å². The van der Waals surface area contributed by atoms with E-state index >= 15 is 0 Å². The highest BCUT2D eigenvalue weighted by atomic mass is 35.5. The van der Waals surface area contributed by atoms with Crippen molar-refractivity contribution in [3.05, 3.63) is 69.8 Å². The summed E-state index contributed by atoms with van der Waals surface area (Å²) in [6, 6.07) is 6.14. The Bertz CT molecular complexity index is 902. The molecule has 0 fully saturated rings. The molecule has 0 heterocycles. The Balaban J connectivity index is 2.35. The van der Waals surface area contributed by atoms with Crippen LogP contribution < -0.4 is 4.74 Å². The first kappa shape index (κ1) is 20.9. The number of nitro benzene ring substituents is 1. The van der Waals surface area contributed by atoms with Crippen LogP contribution >= 0.6 is 11.6 Å². The molecule has 0 saturated carbocycles. The summed E-state index contributed by atoms with van der Waals surface area (Å²) in [5.74, 6) is 0.125. The summed E-state index contributed by atoms with van der Waals surface area (Å²) in [6.07, 6.45) is -2.63. The van der Waals surface area contributed by atoms with Crippen LogP contribution in [0.25, 0.3) is 0 Å². The van der Waals surface area contributed by atoms with Crippen molar-refractivity contribution in [1.82, 2.24) is 0 Å². The molecule has 2 aromatic carbocycles. The third-order valence-corrected chi connectivity index (χ3v) is 5.09. The molecule has 2 aromatic rings. The van der Waals surface area contributed by atoms with Gasteiger partial charge >= 0.3 is 6.18 Å². The third kappa shape index (κ3) is 5.30. The molecule has 0 bridgehead atoms. The molecule has 0 spiro atoms. The van der Waals surface area contributed by atoms with E-state index in [0.717, 1.165) is 18.2 Å². The summed E-state index contributed by atoms with van der Waals surface area (Å²) < 4.78 is 55.8. The summed E-state index contributed by atoms with van der Waals surface area (Å²) in [7, 11) is -1.68. The minimum absolute atomic E-state index is 0.0533. The zero-order valence-corrected chi connectivity index (χ0v) is 15.2. The maximum Gasteiger partial charge on any atom is 0.416 e. The lowest BCUT2D eigenvalue weighted by Crippen LogP contribution is -2.04. The predicted molar refractivity (Wildman–Crippen MR) is 95.7 cm³/mol. The van der Waals surface area contributed by atoms with Crippen LogP contribution in [0.5, 0.6) is 11.5 Å². The maximum absolute atomic E-state index is 12.7. The topological polar surface area (TPSA) is 69.4 Å². The van der Waals surface area contributed by atoms with E-state index in [1.165, 1.54) is 18.2 Å². The van der Waals surface area contributed by atoms with Crippen molar-refractivity contribution < 1.29 is 27.0 Å². The molecule has 0 aliphatic rings. The maximum atomic E-state index is 12.7. The number of benzene rings is 2. The number of nitro groups is 1. The van der Waals surface area contributed by atoms with Crippen molar-refractivity contribution in [2.45, 2.75) is 17.5 Å². The van der Waals surface area contributed by atoms with Crippen LogP contribution in [0.15, 0.2) is 53.9 Å². The molecular formula is C17H13ClF3NO4S. The number of hydrogen-bond acceptors (Lipinski definition) is 4. The second kappa shape index (κ2) is 8.53. The number of rotatable bonds is 7. The Morgan fingerprint density at radius 3 is 2.52 bits per heavy atom. The van der Waals surface area contributed by atoms with Gasteiger partial charge in [0.1, 0.15) is 16.4 Å². The molecule has 1 atom stereocenters. The summed E-state index contributed by atoms with van der Waals surface area (Å²) in [5, 5.41) is 10.9. The summed E-state index contributed by atoms with van der Waals surface area (Å²) in [5.41, 5.74) is -1.28. The smallest absolute Gasteiger partial charge is 0.416 e. The van der Waals surface area contributed by atoms with E-state index in [9.17, 15) is 27.5 Å². The van der Waals surface area contributed by atoms with Crippen LogP contribution in [-0.4, -0.2) is 14.9 Å². The van der Waals surface area contributed by atoms with Gasteiger partial charge in [0.25, 0.3) is 5.69 Å². The first-order valence-corrected chi connectivity index (χ1v) is 9.15. The number of allylic oxidation sites excluding steroid dienone is 1. The zero-order valence-electron chi connectivity index (χ0n) is 13.7. The van der Waals surface area contributed by atoms with Crippen LogP contribution in [-0.2, 0) is 17.0 Å². The average Bonchev–Trinajstić information content (AvgIpc) is 2.60. The first-order valence-electron chi connectivity index (χ1n) is 7.45. The van der Waals surface area contributed by atoms with Crippen LogP contribution in [0.1, 0.15) is 12.0 Å². The fourth-order valence-corrected chi connectivity index (χ4v) is 3.52. The number of hydrogen-bond donors (Lipinski definition) is 0. The van der Waals surface area contributed by atoms with Crippen molar-refractivity contribution in [2.75, 3.05) is 5.75 Å². The molecule has 2 rings (SSSR count). The van der Waals surface area contributed by atoms with Crippen LogP contribution in [0.3, 0.4) is 0 Å². The van der Waals surface area contributed by atoms with E-state index in [2.05, 4.69) is 6.58 Å². The summed E-state index contributed by atoms with van der Waals surface area (Å²) >= 11 is 5.83. The Hall–Kier alpha value is -2.39. The highest BCUT2D eigenvalue weighted by Gasteiger charge is 2.31. The lowest BCUT2D eigenvalue weighted by atomic mass is 10.2. The molecule has 0 saturated heterocycles. The highest BCUT2D eigenvalue weighted by molar-refractivity contribution is 7.85. The average molecular weight is 420 g/mol. The van der Waals surface area contributed by atoms with Crippen molar-refractivity contribution in [2.24, 2.45) is 0 Å². The van der Waals surface area contributed by atoms with Gasteiger partial charge in [-0.05, 0) is 30.7 Å². The Morgan fingerprint density at radius 2 is 1.96 bits per heavy atom. The van der Waals surface area contributed by atoms with Gasteiger partial charge in [0, 0.05) is 17.9 Å². The van der Waals surface area contributed by atoms with Gasteiger partial charge in [-0.3, -0.25) is 14.3 Å². The second-order valence-corrected chi connectivity index (χ2v) is 7.20. The lowest BCUT2D eigenvalue weighted by molar-refractivity contribution is -0.387. The zero-order chi connectivity index (χ0) is 20.2. The van der Waals surface area contributed by atoms with Gasteiger partial charge in [-0.15, -0.1) is 6.58 Å². The van der Waals surface area contributed by atoms with Crippen LogP contribution in [0.4, 0.5) is 18.9 Å². The highest BCUT2D eigenvalue weighted by Crippen LogP contribution is 2.37. The fourth-order valence-electron chi connectivity index (χ4n) is 2.08. The molecular weight excluding hydrogens is 407 g/mol. The predicted octanol–water partition coefficient (Wildman–Crippen LogP) is 5.74. The molecule has 144 valence electrons. The van der Waals surface area contributed by atoms with Gasteiger partial charge < -0.3 is 4.74 Å². The van der Waals surface area contributed by atoms with E-state index in [1.54, 1.807) is 0 Å².